The Morgan fingerprint density at radius 1 is 1.22 bits per heavy atom. The number of benzene rings is 1. The molecule has 2 saturated heterocycles. The lowest BCUT2D eigenvalue weighted by molar-refractivity contribution is -0.128. The first-order valence-electron chi connectivity index (χ1n) is 8.48. The molecule has 0 aromatic heterocycles. The molecule has 0 bridgehead atoms. The molecular formula is C18H22N2O3. The van der Waals surface area contributed by atoms with E-state index in [0.29, 0.717) is 19.0 Å². The van der Waals surface area contributed by atoms with Crippen molar-refractivity contribution in [3.63, 3.8) is 0 Å². The van der Waals surface area contributed by atoms with E-state index in [-0.39, 0.29) is 18.0 Å². The Morgan fingerprint density at radius 2 is 2.04 bits per heavy atom. The quantitative estimate of drug-likeness (QED) is 0.785. The van der Waals surface area contributed by atoms with E-state index in [2.05, 4.69) is 0 Å². The fourth-order valence-corrected chi connectivity index (χ4v) is 3.42. The summed E-state index contributed by atoms with van der Waals surface area (Å²) in [6.07, 6.45) is 4.19. The molecule has 1 aromatic rings. The van der Waals surface area contributed by atoms with Crippen molar-refractivity contribution in [3.8, 4) is 5.75 Å². The van der Waals surface area contributed by atoms with Gasteiger partial charge in [0.15, 0.2) is 0 Å². The van der Waals surface area contributed by atoms with Gasteiger partial charge in [-0.05, 0) is 50.2 Å². The number of rotatable bonds is 5. The molecule has 3 amide bonds. The first-order chi connectivity index (χ1) is 11.1. The minimum absolute atomic E-state index is 0.0544. The van der Waals surface area contributed by atoms with Gasteiger partial charge in [-0.2, -0.15) is 0 Å². The van der Waals surface area contributed by atoms with Gasteiger partial charge in [0.05, 0.1) is 13.2 Å². The van der Waals surface area contributed by atoms with Crippen molar-refractivity contribution < 1.29 is 14.3 Å². The molecule has 5 nitrogen and oxygen atoms in total. The maximum atomic E-state index is 12.5. The van der Waals surface area contributed by atoms with E-state index in [1.807, 2.05) is 25.1 Å². The Bertz CT molecular complexity index is 632. The van der Waals surface area contributed by atoms with Crippen LogP contribution in [-0.4, -0.2) is 40.9 Å². The highest BCUT2D eigenvalue weighted by Gasteiger charge is 2.47. The molecule has 3 aliphatic rings. The van der Waals surface area contributed by atoms with Crippen molar-refractivity contribution in [2.45, 2.75) is 45.2 Å². The molecule has 2 heterocycles. The zero-order chi connectivity index (χ0) is 16.0. The number of carbonyl (C=O) groups excluding carboxylic acids is 2. The Labute approximate surface area is 136 Å². The summed E-state index contributed by atoms with van der Waals surface area (Å²) in [5.74, 6) is 1.43. The summed E-state index contributed by atoms with van der Waals surface area (Å²) >= 11 is 0. The molecule has 23 heavy (non-hydrogen) atoms. The van der Waals surface area contributed by atoms with Crippen molar-refractivity contribution in [3.05, 3.63) is 29.3 Å². The Morgan fingerprint density at radius 3 is 2.78 bits per heavy atom. The highest BCUT2D eigenvalue weighted by Crippen LogP contribution is 2.33. The largest absolute Gasteiger partial charge is 0.493 e. The van der Waals surface area contributed by atoms with Crippen LogP contribution in [0.4, 0.5) is 4.79 Å². The van der Waals surface area contributed by atoms with Gasteiger partial charge in [0.25, 0.3) is 5.91 Å². The zero-order valence-corrected chi connectivity index (χ0v) is 13.5. The molecule has 0 unspecified atom stereocenters. The van der Waals surface area contributed by atoms with Gasteiger partial charge < -0.3 is 9.64 Å². The van der Waals surface area contributed by atoms with Gasteiger partial charge in [0.1, 0.15) is 11.8 Å². The van der Waals surface area contributed by atoms with Crippen molar-refractivity contribution in [2.24, 2.45) is 5.92 Å². The molecule has 1 aliphatic carbocycles. The summed E-state index contributed by atoms with van der Waals surface area (Å²) < 4.78 is 5.95. The second kappa shape index (κ2) is 5.55. The average molecular weight is 314 g/mol. The third-order valence-corrected chi connectivity index (χ3v) is 5.00. The second-order valence-corrected chi connectivity index (χ2v) is 6.92. The van der Waals surface area contributed by atoms with Crippen LogP contribution in [0.1, 0.15) is 36.8 Å². The predicted molar refractivity (Wildman–Crippen MR) is 85.1 cm³/mol. The van der Waals surface area contributed by atoms with E-state index in [1.165, 1.54) is 17.7 Å². The summed E-state index contributed by atoms with van der Waals surface area (Å²) in [4.78, 5) is 28.0. The van der Waals surface area contributed by atoms with Gasteiger partial charge in [0.2, 0.25) is 0 Å². The van der Waals surface area contributed by atoms with Crippen LogP contribution in [-0.2, 0) is 11.3 Å². The molecule has 0 N–H and O–H groups in total. The Balaban J connectivity index is 1.53. The number of aryl methyl sites for hydroxylation is 1. The van der Waals surface area contributed by atoms with Gasteiger partial charge in [0, 0.05) is 12.1 Å². The maximum Gasteiger partial charge on any atom is 0.327 e. The van der Waals surface area contributed by atoms with Crippen LogP contribution in [0.3, 0.4) is 0 Å². The predicted octanol–water partition coefficient (Wildman–Crippen LogP) is 2.71. The number of urea groups is 1. The highest BCUT2D eigenvalue weighted by atomic mass is 16.5. The van der Waals surface area contributed by atoms with Crippen LogP contribution < -0.4 is 4.74 Å². The van der Waals surface area contributed by atoms with E-state index in [1.54, 1.807) is 4.90 Å². The summed E-state index contributed by atoms with van der Waals surface area (Å²) in [5.41, 5.74) is 2.04. The number of ether oxygens (including phenoxy) is 1. The third-order valence-electron chi connectivity index (χ3n) is 5.00. The minimum Gasteiger partial charge on any atom is -0.493 e. The van der Waals surface area contributed by atoms with Crippen LogP contribution in [0.15, 0.2) is 18.2 Å². The second-order valence-electron chi connectivity index (χ2n) is 6.92. The number of fused-ring (bicyclic) bond motifs is 1. The number of carbonyl (C=O) groups is 2. The van der Waals surface area contributed by atoms with Crippen molar-refractivity contribution >= 4 is 11.9 Å². The first kappa shape index (κ1) is 14.5. The molecule has 0 radical (unpaired) electrons. The molecule has 5 heteroatoms. The highest BCUT2D eigenvalue weighted by molar-refractivity contribution is 6.04. The smallest absolute Gasteiger partial charge is 0.327 e. The molecule has 1 atom stereocenters. The van der Waals surface area contributed by atoms with Crippen molar-refractivity contribution in [1.82, 2.24) is 9.80 Å². The summed E-state index contributed by atoms with van der Waals surface area (Å²) in [6, 6.07) is 5.60. The average Bonchev–Trinajstić information content (AvgIpc) is 3.19. The van der Waals surface area contributed by atoms with E-state index < -0.39 is 0 Å². The Kier molecular flexibility index (Phi) is 3.51. The topological polar surface area (TPSA) is 49.9 Å². The summed E-state index contributed by atoms with van der Waals surface area (Å²) in [5, 5.41) is 0. The minimum atomic E-state index is -0.233. The van der Waals surface area contributed by atoms with Crippen LogP contribution >= 0.6 is 0 Å². The van der Waals surface area contributed by atoms with E-state index >= 15 is 0 Å². The van der Waals surface area contributed by atoms with Gasteiger partial charge in [-0.25, -0.2) is 4.79 Å². The van der Waals surface area contributed by atoms with Crippen LogP contribution in [0.5, 0.6) is 5.75 Å². The normalized spacial score (nSPS) is 23.6. The maximum absolute atomic E-state index is 12.5. The van der Waals surface area contributed by atoms with Crippen LogP contribution in [0.2, 0.25) is 0 Å². The van der Waals surface area contributed by atoms with E-state index in [4.69, 9.17) is 4.74 Å². The number of nitrogens with zero attached hydrogens (tertiary/aromatic N) is 2. The first-order valence-corrected chi connectivity index (χ1v) is 8.48. The summed E-state index contributed by atoms with van der Waals surface area (Å²) in [7, 11) is 0. The van der Waals surface area contributed by atoms with Crippen LogP contribution in [0.25, 0.3) is 0 Å². The molecule has 122 valence electrons. The third kappa shape index (κ3) is 2.69. The molecule has 1 saturated carbocycles. The fraction of sp³-hybridized carbons (Fsp3) is 0.556. The van der Waals surface area contributed by atoms with E-state index in [9.17, 15) is 9.59 Å². The van der Waals surface area contributed by atoms with Crippen molar-refractivity contribution in [1.29, 1.82) is 0 Å². The zero-order valence-electron chi connectivity index (χ0n) is 13.5. The number of amides is 3. The van der Waals surface area contributed by atoms with Crippen LogP contribution in [0, 0.1) is 12.8 Å². The van der Waals surface area contributed by atoms with Gasteiger partial charge >= 0.3 is 6.03 Å². The molecular weight excluding hydrogens is 292 g/mol. The molecule has 0 spiro atoms. The summed E-state index contributed by atoms with van der Waals surface area (Å²) in [6.45, 7) is 3.76. The molecule has 4 rings (SSSR count). The number of imide groups is 1. The lowest BCUT2D eigenvalue weighted by Gasteiger charge is -2.18. The number of hydrogen-bond donors (Lipinski definition) is 0. The molecule has 3 fully saturated rings. The van der Waals surface area contributed by atoms with Gasteiger partial charge in [-0.15, -0.1) is 0 Å². The van der Waals surface area contributed by atoms with E-state index in [0.717, 1.165) is 36.3 Å². The number of hydrogen-bond acceptors (Lipinski definition) is 3. The monoisotopic (exact) mass is 314 g/mol. The SMILES string of the molecule is Cc1ccc(CN2C(=O)[C@@H]3CCCN3C2=O)c(OCC2CC2)c1. The lowest BCUT2D eigenvalue weighted by Crippen LogP contribution is -2.32. The Hall–Kier alpha value is -2.04. The van der Waals surface area contributed by atoms with Crippen molar-refractivity contribution in [2.75, 3.05) is 13.2 Å². The fourth-order valence-electron chi connectivity index (χ4n) is 3.42. The lowest BCUT2D eigenvalue weighted by atomic mass is 10.1. The van der Waals surface area contributed by atoms with Gasteiger partial charge in [-0.1, -0.05) is 12.1 Å². The molecule has 2 aliphatic heterocycles. The van der Waals surface area contributed by atoms with Gasteiger partial charge in [-0.3, -0.25) is 9.69 Å². The molecule has 1 aromatic carbocycles. The standard InChI is InChI=1S/C18H22N2O3/c1-12-4-7-14(16(9-12)23-11-13-5-6-13)10-20-17(21)15-3-2-8-19(15)18(20)22/h4,7,9,13,15H,2-3,5-6,8,10-11H2,1H3/t15-/m0/s1.